The molecule has 1 amide bonds. The molecule has 32 heavy (non-hydrogen) atoms. The van der Waals surface area contributed by atoms with Crippen LogP contribution < -0.4 is 14.9 Å². The molecule has 0 saturated carbocycles. The average molecular weight is 536 g/mol. The van der Waals surface area contributed by atoms with Gasteiger partial charge in [-0.15, -0.1) is 0 Å². The van der Waals surface area contributed by atoms with Gasteiger partial charge in [-0.1, -0.05) is 53.0 Å². The van der Waals surface area contributed by atoms with Crippen LogP contribution in [-0.2, 0) is 6.61 Å². The van der Waals surface area contributed by atoms with E-state index in [9.17, 15) is 4.79 Å². The highest BCUT2D eigenvalue weighted by Crippen LogP contribution is 2.37. The third kappa shape index (κ3) is 6.48. The number of aryl methyl sites for hydroxylation is 1. The smallest absolute Gasteiger partial charge is 0.272 e. The lowest BCUT2D eigenvalue weighted by molar-refractivity contribution is 0.0955. The van der Waals surface area contributed by atoms with Crippen LogP contribution >= 0.6 is 39.1 Å². The van der Waals surface area contributed by atoms with Gasteiger partial charge in [0.15, 0.2) is 11.5 Å². The monoisotopic (exact) mass is 534 g/mol. The van der Waals surface area contributed by atoms with E-state index in [4.69, 9.17) is 32.7 Å². The first-order valence-corrected chi connectivity index (χ1v) is 11.4. The molecule has 0 aliphatic rings. The number of amides is 1. The highest BCUT2D eigenvalue weighted by molar-refractivity contribution is 9.10. The van der Waals surface area contributed by atoms with Gasteiger partial charge in [0, 0.05) is 5.02 Å². The molecule has 0 fully saturated rings. The summed E-state index contributed by atoms with van der Waals surface area (Å²) in [6.45, 7) is 4.82. The molecule has 3 rings (SSSR count). The molecule has 1 N–H and O–H groups in total. The zero-order valence-corrected chi connectivity index (χ0v) is 20.6. The third-order valence-corrected chi connectivity index (χ3v) is 5.49. The van der Waals surface area contributed by atoms with Crippen molar-refractivity contribution in [2.45, 2.75) is 20.5 Å². The van der Waals surface area contributed by atoms with Crippen molar-refractivity contribution in [1.29, 1.82) is 0 Å². The van der Waals surface area contributed by atoms with Crippen LogP contribution in [0.2, 0.25) is 10.0 Å². The molecule has 0 atom stereocenters. The summed E-state index contributed by atoms with van der Waals surface area (Å²) in [6.07, 6.45) is 1.51. The number of carbonyl (C=O) groups excluding carboxylic acids is 1. The van der Waals surface area contributed by atoms with Crippen LogP contribution in [0, 0.1) is 6.92 Å². The van der Waals surface area contributed by atoms with Crippen molar-refractivity contribution in [3.8, 4) is 11.5 Å². The maximum atomic E-state index is 12.3. The number of hydrogen-bond acceptors (Lipinski definition) is 4. The van der Waals surface area contributed by atoms with Gasteiger partial charge in [0.05, 0.1) is 27.9 Å². The quantitative estimate of drug-likeness (QED) is 0.254. The van der Waals surface area contributed by atoms with Crippen molar-refractivity contribution >= 4 is 51.3 Å². The summed E-state index contributed by atoms with van der Waals surface area (Å²) >= 11 is 15.5. The van der Waals surface area contributed by atoms with Crippen molar-refractivity contribution in [3.63, 3.8) is 0 Å². The Morgan fingerprint density at radius 2 is 1.94 bits per heavy atom. The van der Waals surface area contributed by atoms with Gasteiger partial charge in [0.2, 0.25) is 0 Å². The molecule has 0 unspecified atom stereocenters. The largest absolute Gasteiger partial charge is 0.490 e. The van der Waals surface area contributed by atoms with E-state index in [0.717, 1.165) is 5.56 Å². The van der Waals surface area contributed by atoms with Crippen molar-refractivity contribution in [3.05, 3.63) is 91.4 Å². The molecular weight excluding hydrogens is 515 g/mol. The second-order valence-electron chi connectivity index (χ2n) is 6.86. The van der Waals surface area contributed by atoms with Crippen LogP contribution in [0.25, 0.3) is 0 Å². The molecule has 0 aliphatic carbocycles. The number of hydrazone groups is 1. The Kier molecular flexibility index (Phi) is 8.56. The van der Waals surface area contributed by atoms with Gasteiger partial charge in [0.25, 0.3) is 5.91 Å². The first kappa shape index (κ1) is 24.1. The molecule has 8 heteroatoms. The minimum atomic E-state index is -0.440. The molecule has 0 bridgehead atoms. The zero-order valence-electron chi connectivity index (χ0n) is 17.5. The van der Waals surface area contributed by atoms with E-state index in [1.807, 2.05) is 38.1 Å². The minimum Gasteiger partial charge on any atom is -0.490 e. The Labute approximate surface area is 205 Å². The SMILES string of the molecule is CCOc1cc(/C=N\NC(=O)c2ccc(Cl)cc2Cl)cc(Br)c1OCc1cccc(C)c1. The van der Waals surface area contributed by atoms with E-state index < -0.39 is 5.91 Å². The van der Waals surface area contributed by atoms with E-state index in [1.165, 1.54) is 17.8 Å². The Morgan fingerprint density at radius 1 is 1.12 bits per heavy atom. The van der Waals surface area contributed by atoms with Crippen LogP contribution in [0.4, 0.5) is 0 Å². The molecule has 0 aliphatic heterocycles. The summed E-state index contributed by atoms with van der Waals surface area (Å²) < 4.78 is 12.5. The van der Waals surface area contributed by atoms with Crippen LogP contribution in [0.5, 0.6) is 11.5 Å². The molecule has 166 valence electrons. The first-order valence-electron chi connectivity index (χ1n) is 9.80. The Balaban J connectivity index is 1.73. The Hall–Kier alpha value is -2.54. The molecular formula is C24H21BrCl2N2O3. The second-order valence-corrected chi connectivity index (χ2v) is 8.56. The summed E-state index contributed by atoms with van der Waals surface area (Å²) in [6, 6.07) is 16.4. The van der Waals surface area contributed by atoms with Gasteiger partial charge in [0.1, 0.15) is 6.61 Å². The number of nitrogens with zero attached hydrogens (tertiary/aromatic N) is 1. The van der Waals surface area contributed by atoms with Crippen molar-refractivity contribution in [1.82, 2.24) is 5.43 Å². The number of carbonyl (C=O) groups is 1. The van der Waals surface area contributed by atoms with Gasteiger partial charge in [-0.25, -0.2) is 5.43 Å². The minimum absolute atomic E-state index is 0.252. The van der Waals surface area contributed by atoms with E-state index in [1.54, 1.807) is 18.2 Å². The Morgan fingerprint density at radius 3 is 2.66 bits per heavy atom. The highest BCUT2D eigenvalue weighted by Gasteiger charge is 2.13. The van der Waals surface area contributed by atoms with Crippen molar-refractivity contribution in [2.24, 2.45) is 5.10 Å². The first-order chi connectivity index (χ1) is 15.4. The second kappa shape index (κ2) is 11.4. The van der Waals surface area contributed by atoms with Crippen molar-refractivity contribution < 1.29 is 14.3 Å². The molecule has 0 spiro atoms. The van der Waals surface area contributed by atoms with Gasteiger partial charge in [-0.2, -0.15) is 5.10 Å². The highest BCUT2D eigenvalue weighted by atomic mass is 79.9. The van der Waals surface area contributed by atoms with Crippen LogP contribution in [0.15, 0.2) is 64.2 Å². The summed E-state index contributed by atoms with van der Waals surface area (Å²) in [7, 11) is 0. The van der Waals surface area contributed by atoms with E-state index in [2.05, 4.69) is 32.5 Å². The number of benzene rings is 3. The predicted octanol–water partition coefficient (Wildman–Crippen LogP) is 6.81. The van der Waals surface area contributed by atoms with Crippen molar-refractivity contribution in [2.75, 3.05) is 6.61 Å². The standard InChI is InChI=1S/C24H21BrCl2N2O3/c1-3-31-22-11-17(13-28-29-24(30)19-8-7-18(26)12-21(19)27)10-20(25)23(22)32-14-16-6-4-5-15(2)9-16/h4-13H,3,14H2,1-2H3,(H,29,30)/b28-13-. The molecule has 0 saturated heterocycles. The van der Waals surface area contributed by atoms with Crippen LogP contribution in [0.1, 0.15) is 34.0 Å². The summed E-state index contributed by atoms with van der Waals surface area (Å²) in [5.41, 5.74) is 5.69. The number of halogens is 3. The lowest BCUT2D eigenvalue weighted by atomic mass is 10.1. The van der Waals surface area contributed by atoms with Gasteiger partial charge in [-0.05, 0) is 71.2 Å². The fourth-order valence-electron chi connectivity index (χ4n) is 2.92. The van der Waals surface area contributed by atoms with Crippen LogP contribution in [0.3, 0.4) is 0 Å². The summed E-state index contributed by atoms with van der Waals surface area (Å²) in [5.74, 6) is 0.732. The average Bonchev–Trinajstić information content (AvgIpc) is 2.73. The fourth-order valence-corrected chi connectivity index (χ4v) is 3.99. The van der Waals surface area contributed by atoms with Crippen LogP contribution in [-0.4, -0.2) is 18.7 Å². The van der Waals surface area contributed by atoms with E-state index >= 15 is 0 Å². The van der Waals surface area contributed by atoms with Gasteiger partial charge in [-0.3, -0.25) is 4.79 Å². The maximum Gasteiger partial charge on any atom is 0.272 e. The predicted molar refractivity (Wildman–Crippen MR) is 132 cm³/mol. The summed E-state index contributed by atoms with van der Waals surface area (Å²) in [5, 5.41) is 4.73. The van der Waals surface area contributed by atoms with Gasteiger partial charge >= 0.3 is 0 Å². The number of ether oxygens (including phenoxy) is 2. The molecule has 0 radical (unpaired) electrons. The number of rotatable bonds is 8. The lowest BCUT2D eigenvalue weighted by Crippen LogP contribution is -2.18. The molecule has 0 aromatic heterocycles. The van der Waals surface area contributed by atoms with E-state index in [-0.39, 0.29) is 10.6 Å². The van der Waals surface area contributed by atoms with E-state index in [0.29, 0.717) is 39.8 Å². The molecule has 3 aromatic rings. The number of hydrogen-bond donors (Lipinski definition) is 1. The topological polar surface area (TPSA) is 59.9 Å². The number of nitrogens with one attached hydrogen (secondary N) is 1. The maximum absolute atomic E-state index is 12.3. The molecule has 5 nitrogen and oxygen atoms in total. The third-order valence-electron chi connectivity index (χ3n) is 4.35. The lowest BCUT2D eigenvalue weighted by Gasteiger charge is -2.15. The normalized spacial score (nSPS) is 10.9. The Bertz CT molecular complexity index is 1150. The fraction of sp³-hybridized carbons (Fsp3) is 0.167. The zero-order chi connectivity index (χ0) is 23.1. The molecule has 3 aromatic carbocycles. The summed E-state index contributed by atoms with van der Waals surface area (Å²) in [4.78, 5) is 12.3. The molecule has 0 heterocycles. The van der Waals surface area contributed by atoms with Gasteiger partial charge < -0.3 is 9.47 Å².